The van der Waals surface area contributed by atoms with Crippen LogP contribution in [0.5, 0.6) is 0 Å². The molecule has 5 heterocycles. The number of carbonyl (C=O) groups is 1. The quantitative estimate of drug-likeness (QED) is 0.322. The third-order valence-electron chi connectivity index (χ3n) is 10.3. The Labute approximate surface area is 228 Å². The molecule has 0 aromatic heterocycles. The van der Waals surface area contributed by atoms with Gasteiger partial charge in [-0.25, -0.2) is 4.79 Å². The van der Waals surface area contributed by atoms with Crippen molar-refractivity contribution in [2.24, 2.45) is 5.92 Å². The minimum absolute atomic E-state index is 0.203. The van der Waals surface area contributed by atoms with Gasteiger partial charge in [0.05, 0.1) is 18.3 Å². The van der Waals surface area contributed by atoms with Crippen molar-refractivity contribution in [2.75, 3.05) is 32.8 Å². The monoisotopic (exact) mass is 527 g/mol. The van der Waals surface area contributed by atoms with Crippen molar-refractivity contribution in [2.45, 2.75) is 119 Å². The first kappa shape index (κ1) is 26.6. The molecule has 6 atom stereocenters. The van der Waals surface area contributed by atoms with Gasteiger partial charge in [0.25, 0.3) is 0 Å². The van der Waals surface area contributed by atoms with Crippen molar-refractivity contribution in [3.8, 4) is 0 Å². The van der Waals surface area contributed by atoms with Gasteiger partial charge in [0.15, 0.2) is 0 Å². The Morgan fingerprint density at radius 1 is 1.16 bits per heavy atom. The first-order valence-electron chi connectivity index (χ1n) is 15.6. The number of rotatable bonds is 10. The van der Waals surface area contributed by atoms with Gasteiger partial charge in [-0.05, 0) is 95.1 Å². The van der Waals surface area contributed by atoms with E-state index in [-0.39, 0.29) is 6.10 Å². The first-order chi connectivity index (χ1) is 18.6. The lowest BCUT2D eigenvalue weighted by Gasteiger charge is -2.46. The topological polar surface area (TPSA) is 88.9 Å². The van der Waals surface area contributed by atoms with E-state index in [0.717, 1.165) is 44.9 Å². The van der Waals surface area contributed by atoms with E-state index in [2.05, 4.69) is 31.8 Å². The van der Waals surface area contributed by atoms with E-state index in [1.54, 1.807) is 0 Å². The predicted molar refractivity (Wildman–Crippen MR) is 149 cm³/mol. The van der Waals surface area contributed by atoms with Crippen molar-refractivity contribution < 1.29 is 14.6 Å². The second kappa shape index (κ2) is 11.9. The standard InChI is InChI=1S/C30H49N5O3/c36-29(37)25(31-15-5-9-26-27-19-30(35(26)27)13-2-1-3-14-30)12-18-38-24-8-6-17-34(21-24)20-23-11-10-22-7-4-16-32-28(22)33-23/h5,9,15,22-25,27-28,31-33H,1-4,6-8,10-14,16-21H2,(H,36,37)/b15-5+,26-9-. The number of ether oxygens (including phenoxy) is 1. The summed E-state index contributed by atoms with van der Waals surface area (Å²) >= 11 is 0. The molecule has 4 N–H and O–H groups in total. The fourth-order valence-corrected chi connectivity index (χ4v) is 8.18. The fourth-order valence-electron chi connectivity index (χ4n) is 8.18. The summed E-state index contributed by atoms with van der Waals surface area (Å²) in [5, 5.41) is 20.3. The molecule has 6 aliphatic rings. The van der Waals surface area contributed by atoms with E-state index in [4.69, 9.17) is 4.74 Å². The molecule has 0 amide bonds. The highest BCUT2D eigenvalue weighted by Gasteiger charge is 2.64. The summed E-state index contributed by atoms with van der Waals surface area (Å²) in [6.45, 7) is 4.80. The number of carboxylic acid groups (broad SMARTS) is 1. The molecule has 5 aliphatic heterocycles. The van der Waals surface area contributed by atoms with Crippen LogP contribution in [0, 0.1) is 5.92 Å². The van der Waals surface area contributed by atoms with Gasteiger partial charge < -0.3 is 25.4 Å². The van der Waals surface area contributed by atoms with Crippen molar-refractivity contribution in [1.82, 2.24) is 25.8 Å². The zero-order valence-electron chi connectivity index (χ0n) is 23.1. The van der Waals surface area contributed by atoms with Crippen LogP contribution in [-0.4, -0.2) is 89.6 Å². The fraction of sp³-hybridized carbons (Fsp3) is 0.833. The lowest BCUT2D eigenvalue weighted by Crippen LogP contribution is -2.60. The number of carboxylic acids is 1. The van der Waals surface area contributed by atoms with E-state index in [1.165, 1.54) is 69.9 Å². The summed E-state index contributed by atoms with van der Waals surface area (Å²) in [5.74, 6) is -0.0134. The highest BCUT2D eigenvalue weighted by Crippen LogP contribution is 2.61. The molecule has 1 saturated carbocycles. The number of fused-ring (bicyclic) bond motifs is 3. The van der Waals surface area contributed by atoms with Gasteiger partial charge in [0.2, 0.25) is 0 Å². The largest absolute Gasteiger partial charge is 0.480 e. The van der Waals surface area contributed by atoms with Crippen LogP contribution in [0.15, 0.2) is 24.0 Å². The normalized spacial score (nSPS) is 36.5. The molecule has 1 spiro atoms. The molecule has 5 saturated heterocycles. The number of allylic oxidation sites excluding steroid dienone is 2. The molecule has 8 heteroatoms. The van der Waals surface area contributed by atoms with Crippen molar-refractivity contribution in [3.05, 3.63) is 24.0 Å². The Bertz CT molecular complexity index is 887. The highest BCUT2D eigenvalue weighted by atomic mass is 16.5. The molecule has 8 nitrogen and oxygen atoms in total. The summed E-state index contributed by atoms with van der Waals surface area (Å²) in [4.78, 5) is 17.0. The molecular formula is C30H49N5O3. The van der Waals surface area contributed by atoms with Crippen molar-refractivity contribution in [1.29, 1.82) is 0 Å². The van der Waals surface area contributed by atoms with E-state index < -0.39 is 12.0 Å². The van der Waals surface area contributed by atoms with Gasteiger partial charge in [0, 0.05) is 43.4 Å². The summed E-state index contributed by atoms with van der Waals surface area (Å²) < 4.78 is 6.20. The molecular weight excluding hydrogens is 478 g/mol. The summed E-state index contributed by atoms with van der Waals surface area (Å²) in [6.07, 6.45) is 22.8. The molecule has 1 aliphatic carbocycles. The minimum Gasteiger partial charge on any atom is -0.480 e. The molecule has 0 aromatic carbocycles. The van der Waals surface area contributed by atoms with Crippen LogP contribution in [0.2, 0.25) is 0 Å². The summed E-state index contributed by atoms with van der Waals surface area (Å²) in [7, 11) is 0. The van der Waals surface area contributed by atoms with Gasteiger partial charge in [-0.15, -0.1) is 0 Å². The lowest BCUT2D eigenvalue weighted by atomic mass is 9.75. The van der Waals surface area contributed by atoms with Crippen molar-refractivity contribution in [3.63, 3.8) is 0 Å². The smallest absolute Gasteiger partial charge is 0.326 e. The average Bonchev–Trinajstić information content (AvgIpc) is 3.55. The zero-order chi connectivity index (χ0) is 26.0. The molecule has 0 radical (unpaired) electrons. The van der Waals surface area contributed by atoms with Crippen LogP contribution in [0.3, 0.4) is 0 Å². The number of aliphatic carboxylic acids is 1. The number of hydrogen-bond donors (Lipinski definition) is 4. The van der Waals surface area contributed by atoms with Crippen molar-refractivity contribution >= 4 is 5.97 Å². The number of likely N-dealkylation sites (tertiary alicyclic amines) is 1. The second-order valence-corrected chi connectivity index (χ2v) is 12.8. The van der Waals surface area contributed by atoms with E-state index >= 15 is 0 Å². The molecule has 0 bridgehead atoms. The number of nitrogens with one attached hydrogen (secondary N) is 3. The van der Waals surface area contributed by atoms with Gasteiger partial charge in [-0.1, -0.05) is 19.3 Å². The maximum atomic E-state index is 11.8. The van der Waals surface area contributed by atoms with E-state index in [9.17, 15) is 9.90 Å². The average molecular weight is 528 g/mol. The van der Waals surface area contributed by atoms with Crippen LogP contribution in [0.1, 0.15) is 83.5 Å². The maximum Gasteiger partial charge on any atom is 0.326 e. The summed E-state index contributed by atoms with van der Waals surface area (Å²) in [6, 6.07) is 0.595. The molecule has 0 aromatic rings. The van der Waals surface area contributed by atoms with Crippen LogP contribution in [0.4, 0.5) is 0 Å². The maximum absolute atomic E-state index is 11.8. The third-order valence-corrected chi connectivity index (χ3v) is 10.3. The Morgan fingerprint density at radius 3 is 2.92 bits per heavy atom. The molecule has 6 fully saturated rings. The van der Waals surface area contributed by atoms with Gasteiger partial charge in [0.1, 0.15) is 6.04 Å². The number of hydrogen-bond acceptors (Lipinski definition) is 7. The molecule has 38 heavy (non-hydrogen) atoms. The molecule has 6 unspecified atom stereocenters. The van der Waals surface area contributed by atoms with Crippen LogP contribution < -0.4 is 16.0 Å². The number of piperidine rings is 3. The van der Waals surface area contributed by atoms with Crippen LogP contribution in [-0.2, 0) is 9.53 Å². The first-order valence-corrected chi connectivity index (χ1v) is 15.6. The highest BCUT2D eigenvalue weighted by molar-refractivity contribution is 5.73. The minimum atomic E-state index is -0.814. The molecule has 212 valence electrons. The van der Waals surface area contributed by atoms with E-state index in [1.807, 2.05) is 12.3 Å². The van der Waals surface area contributed by atoms with Crippen LogP contribution in [0.25, 0.3) is 0 Å². The second-order valence-electron chi connectivity index (χ2n) is 12.8. The predicted octanol–water partition coefficient (Wildman–Crippen LogP) is 3.17. The third kappa shape index (κ3) is 5.93. The lowest BCUT2D eigenvalue weighted by molar-refractivity contribution is -0.140. The Balaban J connectivity index is 0.896. The van der Waals surface area contributed by atoms with Gasteiger partial charge >= 0.3 is 5.97 Å². The van der Waals surface area contributed by atoms with Gasteiger partial charge in [-0.3, -0.25) is 10.2 Å². The SMILES string of the molecule is O=C(O)C(CCOC1CCCN(CC2CCC3CCCNC3N2)C1)N/C=C/C=C1/C2CC3(CCCCC3)N12. The Kier molecular flexibility index (Phi) is 8.31. The number of nitrogens with zero attached hydrogens (tertiary/aromatic N) is 2. The zero-order valence-corrected chi connectivity index (χ0v) is 23.1. The van der Waals surface area contributed by atoms with E-state index in [0.29, 0.717) is 36.8 Å². The van der Waals surface area contributed by atoms with Crippen LogP contribution >= 0.6 is 0 Å². The Hall–Kier alpha value is -1.61. The Morgan fingerprint density at radius 2 is 2.05 bits per heavy atom. The summed E-state index contributed by atoms with van der Waals surface area (Å²) in [5.41, 5.74) is 1.91. The van der Waals surface area contributed by atoms with Gasteiger partial charge in [-0.2, -0.15) is 0 Å². The molecule has 6 rings (SSSR count).